The van der Waals surface area contributed by atoms with Gasteiger partial charge in [0.2, 0.25) is 0 Å². The van der Waals surface area contributed by atoms with Crippen molar-refractivity contribution in [3.63, 3.8) is 0 Å². The molecule has 0 atom stereocenters. The maximum atomic E-state index is 12.1. The van der Waals surface area contributed by atoms with E-state index >= 15 is 0 Å². The monoisotopic (exact) mass is 394 g/mol. The highest BCUT2D eigenvalue weighted by Crippen LogP contribution is 2.23. The van der Waals surface area contributed by atoms with Gasteiger partial charge in [0.05, 0.1) is 6.61 Å². The number of nitrogens with zero attached hydrogens (tertiary/aromatic N) is 1. The molecule has 4 nitrogen and oxygen atoms in total. The largest absolute Gasteiger partial charge is 0.494 e. The van der Waals surface area contributed by atoms with Crippen molar-refractivity contribution in [3.8, 4) is 16.9 Å². The van der Waals surface area contributed by atoms with Crippen LogP contribution in [-0.4, -0.2) is 32.3 Å². The molecule has 2 aromatic carbocycles. The van der Waals surface area contributed by atoms with Crippen LogP contribution in [0, 0.1) is 0 Å². The summed E-state index contributed by atoms with van der Waals surface area (Å²) in [6.07, 6.45) is 10.1. The van der Waals surface area contributed by atoms with Crippen molar-refractivity contribution in [1.82, 2.24) is 5.32 Å². The maximum absolute atomic E-state index is 12.1. The molecule has 0 bridgehead atoms. The standard InChI is InChI=1S/C25H34N2O2/c1-3-4-5-6-7-8-20-29-24-16-14-22(15-17-24)21-10-12-23(13-11-21)25(28)27-19-9-18-26-2/h10-18H,3-9,19-20H2,1-2H3,(H,27,28)/b26-18+. The molecular formula is C25H34N2O2. The van der Waals surface area contributed by atoms with Crippen LogP contribution in [0.25, 0.3) is 11.1 Å². The molecular weight excluding hydrogens is 360 g/mol. The number of hydrogen-bond donors (Lipinski definition) is 1. The van der Waals surface area contributed by atoms with Gasteiger partial charge in [-0.25, -0.2) is 0 Å². The summed E-state index contributed by atoms with van der Waals surface area (Å²) in [7, 11) is 1.73. The van der Waals surface area contributed by atoms with Crippen molar-refractivity contribution >= 4 is 12.1 Å². The van der Waals surface area contributed by atoms with E-state index in [2.05, 4.69) is 29.4 Å². The van der Waals surface area contributed by atoms with Crippen molar-refractivity contribution in [2.24, 2.45) is 4.99 Å². The fraction of sp³-hybridized carbons (Fsp3) is 0.440. The van der Waals surface area contributed by atoms with Crippen LogP contribution in [0.15, 0.2) is 53.5 Å². The number of unbranched alkanes of at least 4 members (excludes halogenated alkanes) is 5. The van der Waals surface area contributed by atoms with E-state index in [1.165, 1.54) is 32.1 Å². The van der Waals surface area contributed by atoms with Crippen molar-refractivity contribution < 1.29 is 9.53 Å². The summed E-state index contributed by atoms with van der Waals surface area (Å²) in [5.41, 5.74) is 2.87. The van der Waals surface area contributed by atoms with Crippen LogP contribution in [-0.2, 0) is 0 Å². The summed E-state index contributed by atoms with van der Waals surface area (Å²) >= 11 is 0. The van der Waals surface area contributed by atoms with Gasteiger partial charge in [-0.2, -0.15) is 0 Å². The highest BCUT2D eigenvalue weighted by Gasteiger charge is 2.05. The molecule has 0 spiro atoms. The number of hydrogen-bond acceptors (Lipinski definition) is 3. The second kappa shape index (κ2) is 13.5. The Kier molecular flexibility index (Phi) is 10.6. The third-order valence-electron chi connectivity index (χ3n) is 4.84. The van der Waals surface area contributed by atoms with Gasteiger partial charge in [0.25, 0.3) is 5.91 Å². The quantitative estimate of drug-likeness (QED) is 0.339. The zero-order chi connectivity index (χ0) is 20.7. The molecule has 0 radical (unpaired) electrons. The number of benzene rings is 2. The van der Waals surface area contributed by atoms with Gasteiger partial charge in [0.15, 0.2) is 0 Å². The van der Waals surface area contributed by atoms with Crippen LogP contribution in [0.3, 0.4) is 0 Å². The molecule has 0 aromatic heterocycles. The SMILES string of the molecule is CCCCCCCCOc1ccc(-c2ccc(C(=O)NCC/C=N/C)cc2)cc1. The molecule has 4 heteroatoms. The molecule has 2 rings (SSSR count). The highest BCUT2D eigenvalue weighted by atomic mass is 16.5. The molecule has 0 saturated carbocycles. The molecule has 1 amide bonds. The summed E-state index contributed by atoms with van der Waals surface area (Å²) in [4.78, 5) is 16.0. The van der Waals surface area contributed by atoms with E-state index in [1.807, 2.05) is 36.4 Å². The van der Waals surface area contributed by atoms with Crippen LogP contribution >= 0.6 is 0 Å². The Morgan fingerprint density at radius 3 is 2.21 bits per heavy atom. The lowest BCUT2D eigenvalue weighted by atomic mass is 10.0. The van der Waals surface area contributed by atoms with Crippen molar-refractivity contribution in [2.75, 3.05) is 20.2 Å². The average molecular weight is 395 g/mol. The average Bonchev–Trinajstić information content (AvgIpc) is 2.76. The second-order valence-electron chi connectivity index (χ2n) is 7.20. The van der Waals surface area contributed by atoms with Gasteiger partial charge in [-0.1, -0.05) is 63.3 Å². The van der Waals surface area contributed by atoms with Gasteiger partial charge in [-0.05, 0) is 48.2 Å². The van der Waals surface area contributed by atoms with Crippen LogP contribution < -0.4 is 10.1 Å². The number of carbonyl (C=O) groups is 1. The van der Waals surface area contributed by atoms with Crippen LogP contribution in [0.5, 0.6) is 5.75 Å². The zero-order valence-corrected chi connectivity index (χ0v) is 17.8. The maximum Gasteiger partial charge on any atom is 0.251 e. The third kappa shape index (κ3) is 8.51. The number of carbonyl (C=O) groups excluding carboxylic acids is 1. The summed E-state index contributed by atoms with van der Waals surface area (Å²) < 4.78 is 5.85. The second-order valence-corrected chi connectivity index (χ2v) is 7.20. The summed E-state index contributed by atoms with van der Waals surface area (Å²) in [6, 6.07) is 15.8. The van der Waals surface area contributed by atoms with E-state index in [9.17, 15) is 4.79 Å². The highest BCUT2D eigenvalue weighted by molar-refractivity contribution is 5.94. The minimum absolute atomic E-state index is 0.0560. The Bertz CT molecular complexity index is 736. The van der Waals surface area contributed by atoms with E-state index in [-0.39, 0.29) is 5.91 Å². The Morgan fingerprint density at radius 1 is 0.931 bits per heavy atom. The summed E-state index contributed by atoms with van der Waals surface area (Å²) in [5, 5.41) is 2.89. The van der Waals surface area contributed by atoms with Crippen LogP contribution in [0.2, 0.25) is 0 Å². The molecule has 0 aliphatic rings. The van der Waals surface area contributed by atoms with Crippen LogP contribution in [0.4, 0.5) is 0 Å². The van der Waals surface area contributed by atoms with Crippen molar-refractivity contribution in [3.05, 3.63) is 54.1 Å². The Balaban J connectivity index is 1.78. The van der Waals surface area contributed by atoms with Crippen LogP contribution in [0.1, 0.15) is 62.2 Å². The number of aliphatic imine (C=N–C) groups is 1. The fourth-order valence-electron chi connectivity index (χ4n) is 3.11. The van der Waals surface area contributed by atoms with Crippen molar-refractivity contribution in [1.29, 1.82) is 0 Å². The lowest BCUT2D eigenvalue weighted by Crippen LogP contribution is -2.24. The lowest BCUT2D eigenvalue weighted by molar-refractivity contribution is 0.0955. The predicted molar refractivity (Wildman–Crippen MR) is 122 cm³/mol. The smallest absolute Gasteiger partial charge is 0.251 e. The molecule has 29 heavy (non-hydrogen) atoms. The van der Waals surface area contributed by atoms with E-state index in [4.69, 9.17) is 4.74 Å². The number of ether oxygens (including phenoxy) is 1. The van der Waals surface area contributed by atoms with Gasteiger partial charge in [-0.15, -0.1) is 0 Å². The lowest BCUT2D eigenvalue weighted by Gasteiger charge is -2.08. The molecule has 156 valence electrons. The Hall–Kier alpha value is -2.62. The minimum atomic E-state index is -0.0560. The van der Waals surface area contributed by atoms with Gasteiger partial charge in [0.1, 0.15) is 5.75 Å². The number of amides is 1. The van der Waals surface area contributed by atoms with Gasteiger partial charge < -0.3 is 15.0 Å². The molecule has 0 unspecified atom stereocenters. The molecule has 0 heterocycles. The minimum Gasteiger partial charge on any atom is -0.494 e. The first-order valence-electron chi connectivity index (χ1n) is 10.8. The first-order chi connectivity index (χ1) is 14.2. The molecule has 0 aliphatic carbocycles. The number of rotatable bonds is 13. The first-order valence-corrected chi connectivity index (χ1v) is 10.8. The fourth-order valence-corrected chi connectivity index (χ4v) is 3.11. The first kappa shape index (κ1) is 22.7. The van der Waals surface area contributed by atoms with E-state index in [0.29, 0.717) is 12.1 Å². The normalized spacial score (nSPS) is 11.0. The molecule has 0 aliphatic heterocycles. The predicted octanol–water partition coefficient (Wildman–Crippen LogP) is 5.91. The van der Waals surface area contributed by atoms with Gasteiger partial charge in [0, 0.05) is 25.4 Å². The topological polar surface area (TPSA) is 50.7 Å². The summed E-state index contributed by atoms with van der Waals surface area (Å²) in [5.74, 6) is 0.855. The molecule has 2 aromatic rings. The molecule has 0 saturated heterocycles. The van der Waals surface area contributed by atoms with E-state index in [1.54, 1.807) is 13.3 Å². The zero-order valence-electron chi connectivity index (χ0n) is 17.8. The van der Waals surface area contributed by atoms with E-state index in [0.717, 1.165) is 36.3 Å². The Morgan fingerprint density at radius 2 is 1.55 bits per heavy atom. The Labute approximate surface area is 175 Å². The molecule has 0 fully saturated rings. The number of nitrogens with one attached hydrogen (secondary N) is 1. The summed E-state index contributed by atoms with van der Waals surface area (Å²) in [6.45, 7) is 3.61. The molecule has 1 N–H and O–H groups in total. The van der Waals surface area contributed by atoms with Gasteiger partial charge >= 0.3 is 0 Å². The third-order valence-corrected chi connectivity index (χ3v) is 4.84. The van der Waals surface area contributed by atoms with Crippen molar-refractivity contribution in [2.45, 2.75) is 51.9 Å². The van der Waals surface area contributed by atoms with Gasteiger partial charge in [-0.3, -0.25) is 4.79 Å². The van der Waals surface area contributed by atoms with E-state index < -0.39 is 0 Å².